The Morgan fingerprint density at radius 2 is 2.06 bits per heavy atom. The van der Waals surface area contributed by atoms with Gasteiger partial charge in [0, 0.05) is 6.61 Å². The maximum atomic E-state index is 6.13. The van der Waals surface area contributed by atoms with Crippen LogP contribution in [-0.2, 0) is 4.74 Å². The zero-order valence-electron chi connectivity index (χ0n) is 10.8. The third-order valence-electron chi connectivity index (χ3n) is 2.55. The molecule has 1 aromatic rings. The Balaban J connectivity index is 3.04. The lowest BCUT2D eigenvalue weighted by Crippen LogP contribution is -2.31. The van der Waals surface area contributed by atoms with E-state index in [1.54, 1.807) is 20.3 Å². The average molecular weight is 275 g/mol. The zero-order chi connectivity index (χ0) is 13.5. The molecule has 0 fully saturated rings. The molecule has 0 radical (unpaired) electrons. The summed E-state index contributed by atoms with van der Waals surface area (Å²) in [6.45, 7) is 3.01. The van der Waals surface area contributed by atoms with Gasteiger partial charge in [-0.1, -0.05) is 11.6 Å². The summed E-state index contributed by atoms with van der Waals surface area (Å²) in [5, 5.41) is 0.476. The standard InChI is InChI=1S/C12H19ClN2O3/c1-4-18-7-10(15-14)8-5-9(13)12(17-3)11(6-8)16-2/h5-6,10,15H,4,7,14H2,1-3H3. The van der Waals surface area contributed by atoms with Crippen LogP contribution in [-0.4, -0.2) is 27.4 Å². The van der Waals surface area contributed by atoms with Gasteiger partial charge in [0.05, 0.1) is 31.9 Å². The predicted molar refractivity (Wildman–Crippen MR) is 71.1 cm³/mol. The third kappa shape index (κ3) is 3.49. The first-order valence-electron chi connectivity index (χ1n) is 5.63. The Morgan fingerprint density at radius 1 is 1.33 bits per heavy atom. The smallest absolute Gasteiger partial charge is 0.179 e. The van der Waals surface area contributed by atoms with Gasteiger partial charge in [0.1, 0.15) is 0 Å². The summed E-state index contributed by atoms with van der Waals surface area (Å²) in [4.78, 5) is 0. The summed E-state index contributed by atoms with van der Waals surface area (Å²) in [6, 6.07) is 3.46. The van der Waals surface area contributed by atoms with Crippen molar-refractivity contribution in [2.75, 3.05) is 27.4 Å². The summed E-state index contributed by atoms with van der Waals surface area (Å²) in [5.41, 5.74) is 3.57. The Morgan fingerprint density at radius 3 is 2.56 bits per heavy atom. The van der Waals surface area contributed by atoms with Crippen molar-refractivity contribution < 1.29 is 14.2 Å². The van der Waals surface area contributed by atoms with Gasteiger partial charge in [0.2, 0.25) is 0 Å². The van der Waals surface area contributed by atoms with E-state index >= 15 is 0 Å². The van der Waals surface area contributed by atoms with Crippen molar-refractivity contribution in [3.05, 3.63) is 22.7 Å². The summed E-state index contributed by atoms with van der Waals surface area (Å²) in [7, 11) is 3.10. The SMILES string of the molecule is CCOCC(NN)c1cc(Cl)c(OC)c(OC)c1. The normalized spacial score (nSPS) is 12.3. The predicted octanol–water partition coefficient (Wildman–Crippen LogP) is 1.90. The quantitative estimate of drug-likeness (QED) is 0.587. The van der Waals surface area contributed by atoms with E-state index in [2.05, 4.69) is 5.43 Å². The van der Waals surface area contributed by atoms with Crippen LogP contribution < -0.4 is 20.7 Å². The zero-order valence-corrected chi connectivity index (χ0v) is 11.6. The molecule has 0 saturated carbocycles. The van der Waals surface area contributed by atoms with Crippen LogP contribution in [0, 0.1) is 0 Å². The van der Waals surface area contributed by atoms with Gasteiger partial charge in [-0.2, -0.15) is 0 Å². The third-order valence-corrected chi connectivity index (χ3v) is 2.83. The molecule has 102 valence electrons. The molecule has 1 rings (SSSR count). The molecular weight excluding hydrogens is 256 g/mol. The fourth-order valence-electron chi connectivity index (χ4n) is 1.62. The number of nitrogens with two attached hydrogens (primary N) is 1. The van der Waals surface area contributed by atoms with Crippen LogP contribution in [0.25, 0.3) is 0 Å². The van der Waals surface area contributed by atoms with E-state index in [4.69, 9.17) is 31.7 Å². The maximum Gasteiger partial charge on any atom is 0.179 e. The van der Waals surface area contributed by atoms with Crippen molar-refractivity contribution in [3.8, 4) is 11.5 Å². The van der Waals surface area contributed by atoms with Crippen LogP contribution in [0.3, 0.4) is 0 Å². The van der Waals surface area contributed by atoms with E-state index in [0.29, 0.717) is 29.7 Å². The number of hydrogen-bond acceptors (Lipinski definition) is 5. The van der Waals surface area contributed by atoms with Crippen LogP contribution in [0.15, 0.2) is 12.1 Å². The van der Waals surface area contributed by atoms with Crippen molar-refractivity contribution in [1.82, 2.24) is 5.43 Å². The van der Waals surface area contributed by atoms with Crippen LogP contribution >= 0.6 is 11.6 Å². The molecule has 0 spiro atoms. The van der Waals surface area contributed by atoms with E-state index in [1.165, 1.54) is 0 Å². The number of halogens is 1. The molecule has 6 heteroatoms. The first kappa shape index (κ1) is 15.0. The van der Waals surface area contributed by atoms with Gasteiger partial charge >= 0.3 is 0 Å². The van der Waals surface area contributed by atoms with E-state index in [-0.39, 0.29) is 6.04 Å². The van der Waals surface area contributed by atoms with Gasteiger partial charge in [-0.3, -0.25) is 11.3 Å². The number of benzene rings is 1. The topological polar surface area (TPSA) is 65.7 Å². The Bertz CT molecular complexity index is 388. The van der Waals surface area contributed by atoms with Gasteiger partial charge in [0.15, 0.2) is 11.5 Å². The monoisotopic (exact) mass is 274 g/mol. The van der Waals surface area contributed by atoms with Crippen molar-refractivity contribution in [2.24, 2.45) is 5.84 Å². The summed E-state index contributed by atoms with van der Waals surface area (Å²) >= 11 is 6.13. The van der Waals surface area contributed by atoms with Gasteiger partial charge in [0.25, 0.3) is 0 Å². The van der Waals surface area contributed by atoms with Crippen LogP contribution in [0.2, 0.25) is 5.02 Å². The first-order valence-corrected chi connectivity index (χ1v) is 6.01. The lowest BCUT2D eigenvalue weighted by molar-refractivity contribution is 0.123. The molecule has 5 nitrogen and oxygen atoms in total. The minimum Gasteiger partial charge on any atom is -0.493 e. The van der Waals surface area contributed by atoms with Crippen molar-refractivity contribution in [1.29, 1.82) is 0 Å². The molecule has 0 heterocycles. The molecule has 18 heavy (non-hydrogen) atoms. The molecule has 0 aliphatic carbocycles. The Labute approximate surface area is 112 Å². The summed E-state index contributed by atoms with van der Waals surface area (Å²) in [5.74, 6) is 6.59. The summed E-state index contributed by atoms with van der Waals surface area (Å²) < 4.78 is 15.8. The molecule has 0 saturated heterocycles. The lowest BCUT2D eigenvalue weighted by atomic mass is 10.1. The minimum absolute atomic E-state index is 0.151. The van der Waals surface area contributed by atoms with Gasteiger partial charge in [-0.15, -0.1) is 0 Å². The highest BCUT2D eigenvalue weighted by atomic mass is 35.5. The Hall–Kier alpha value is -1.01. The molecular formula is C12H19ClN2O3. The highest BCUT2D eigenvalue weighted by Gasteiger charge is 2.16. The number of methoxy groups -OCH3 is 2. The largest absolute Gasteiger partial charge is 0.493 e. The molecule has 0 aromatic heterocycles. The fraction of sp³-hybridized carbons (Fsp3) is 0.500. The number of hydrazine groups is 1. The second-order valence-electron chi connectivity index (χ2n) is 3.62. The molecule has 0 aliphatic rings. The number of nitrogens with one attached hydrogen (secondary N) is 1. The number of ether oxygens (including phenoxy) is 3. The summed E-state index contributed by atoms with van der Waals surface area (Å²) in [6.07, 6.45) is 0. The second kappa shape index (κ2) is 7.43. The van der Waals surface area contributed by atoms with Crippen LogP contribution in [0.5, 0.6) is 11.5 Å². The van der Waals surface area contributed by atoms with Crippen LogP contribution in [0.1, 0.15) is 18.5 Å². The highest BCUT2D eigenvalue weighted by Crippen LogP contribution is 2.37. The van der Waals surface area contributed by atoms with Crippen LogP contribution in [0.4, 0.5) is 0 Å². The Kier molecular flexibility index (Phi) is 6.21. The maximum absolute atomic E-state index is 6.13. The van der Waals surface area contributed by atoms with Crippen molar-refractivity contribution in [3.63, 3.8) is 0 Å². The minimum atomic E-state index is -0.151. The molecule has 0 amide bonds. The average Bonchev–Trinajstić information content (AvgIpc) is 2.38. The molecule has 3 N–H and O–H groups in total. The van der Waals surface area contributed by atoms with Crippen molar-refractivity contribution >= 4 is 11.6 Å². The second-order valence-corrected chi connectivity index (χ2v) is 4.02. The fourth-order valence-corrected chi connectivity index (χ4v) is 1.91. The first-order chi connectivity index (χ1) is 8.67. The van der Waals surface area contributed by atoms with E-state index in [9.17, 15) is 0 Å². The van der Waals surface area contributed by atoms with E-state index in [1.807, 2.05) is 13.0 Å². The lowest BCUT2D eigenvalue weighted by Gasteiger charge is -2.18. The molecule has 1 unspecified atom stereocenters. The van der Waals surface area contributed by atoms with E-state index in [0.717, 1.165) is 5.56 Å². The van der Waals surface area contributed by atoms with Gasteiger partial charge < -0.3 is 14.2 Å². The molecule has 1 aromatic carbocycles. The van der Waals surface area contributed by atoms with E-state index < -0.39 is 0 Å². The molecule has 0 aliphatic heterocycles. The molecule has 0 bridgehead atoms. The highest BCUT2D eigenvalue weighted by molar-refractivity contribution is 6.32. The van der Waals surface area contributed by atoms with Gasteiger partial charge in [-0.05, 0) is 24.6 Å². The number of hydrogen-bond donors (Lipinski definition) is 2. The molecule has 1 atom stereocenters. The van der Waals surface area contributed by atoms with Gasteiger partial charge in [-0.25, -0.2) is 0 Å². The van der Waals surface area contributed by atoms with Crippen molar-refractivity contribution in [2.45, 2.75) is 13.0 Å². The number of rotatable bonds is 7.